The summed E-state index contributed by atoms with van der Waals surface area (Å²) in [6.45, 7) is 4.86. The zero-order chi connectivity index (χ0) is 17.3. The molecule has 0 spiro atoms. The number of nitrogens with zero attached hydrogens (tertiary/aromatic N) is 1. The molecular formula is C17H22F2N4O. The largest absolute Gasteiger partial charge is 0.319 e. The maximum atomic E-state index is 13.1. The Morgan fingerprint density at radius 2 is 2.00 bits per heavy atom. The molecule has 1 aliphatic heterocycles. The molecule has 3 N–H and O–H groups in total. The summed E-state index contributed by atoms with van der Waals surface area (Å²) in [7, 11) is 0. The minimum absolute atomic E-state index is 0.196. The second-order valence-corrected chi connectivity index (χ2v) is 6.31. The van der Waals surface area contributed by atoms with Crippen molar-refractivity contribution in [2.75, 3.05) is 13.1 Å². The Labute approximate surface area is 138 Å². The fourth-order valence-corrected chi connectivity index (χ4v) is 3.32. The molecule has 1 saturated heterocycles. The highest BCUT2D eigenvalue weighted by Gasteiger charge is 2.31. The maximum Gasteiger partial charge on any atom is 0.269 e. The van der Waals surface area contributed by atoms with E-state index in [1.54, 1.807) is 6.92 Å². The van der Waals surface area contributed by atoms with Crippen molar-refractivity contribution >= 4 is 11.0 Å². The fourth-order valence-electron chi connectivity index (χ4n) is 3.32. The predicted molar refractivity (Wildman–Crippen MR) is 89.7 cm³/mol. The SMILES string of the molecule is Cc1nc2ccc(CCC3NCCNC3C(F)F)c(C)c2[nH]c1=O. The van der Waals surface area contributed by atoms with E-state index in [-0.39, 0.29) is 11.6 Å². The highest BCUT2D eigenvalue weighted by molar-refractivity contribution is 5.78. The molecule has 5 nitrogen and oxygen atoms in total. The molecule has 130 valence electrons. The minimum atomic E-state index is -2.39. The van der Waals surface area contributed by atoms with E-state index >= 15 is 0 Å². The van der Waals surface area contributed by atoms with Crippen LogP contribution in [0.4, 0.5) is 8.78 Å². The third-order valence-corrected chi connectivity index (χ3v) is 4.75. The quantitative estimate of drug-likeness (QED) is 0.794. The Hall–Kier alpha value is -1.86. The van der Waals surface area contributed by atoms with Crippen molar-refractivity contribution in [3.63, 3.8) is 0 Å². The summed E-state index contributed by atoms with van der Waals surface area (Å²) in [5, 5.41) is 6.07. The Morgan fingerprint density at radius 1 is 1.25 bits per heavy atom. The number of nitrogens with one attached hydrogen (secondary N) is 3. The van der Waals surface area contributed by atoms with Crippen LogP contribution in [0, 0.1) is 13.8 Å². The van der Waals surface area contributed by atoms with Crippen molar-refractivity contribution < 1.29 is 8.78 Å². The van der Waals surface area contributed by atoms with Gasteiger partial charge in [0.2, 0.25) is 0 Å². The van der Waals surface area contributed by atoms with Gasteiger partial charge in [-0.2, -0.15) is 0 Å². The van der Waals surface area contributed by atoms with E-state index in [0.717, 1.165) is 22.2 Å². The number of aromatic nitrogens is 2. The van der Waals surface area contributed by atoms with Crippen LogP contribution in [0.15, 0.2) is 16.9 Å². The lowest BCUT2D eigenvalue weighted by Gasteiger charge is -2.33. The summed E-state index contributed by atoms with van der Waals surface area (Å²) in [5.74, 6) is 0. The molecular weight excluding hydrogens is 314 g/mol. The minimum Gasteiger partial charge on any atom is -0.319 e. The average Bonchev–Trinajstić information content (AvgIpc) is 2.56. The van der Waals surface area contributed by atoms with Crippen LogP contribution < -0.4 is 16.2 Å². The van der Waals surface area contributed by atoms with Crippen molar-refractivity contribution in [2.24, 2.45) is 0 Å². The standard InChI is InChI=1S/C17H22F2N4O/c1-9-11(3-5-12-15(16(18)19)21-8-7-20-12)4-6-13-14(9)23-17(24)10(2)22-13/h4,6,12,15-16,20-21H,3,5,7-8H2,1-2H3,(H,23,24). The van der Waals surface area contributed by atoms with E-state index < -0.39 is 12.5 Å². The molecule has 1 fully saturated rings. The Bertz CT molecular complexity index is 790. The van der Waals surface area contributed by atoms with Crippen molar-refractivity contribution in [2.45, 2.75) is 45.2 Å². The first-order valence-electron chi connectivity index (χ1n) is 8.21. The maximum absolute atomic E-state index is 13.1. The van der Waals surface area contributed by atoms with Gasteiger partial charge in [0.1, 0.15) is 5.69 Å². The summed E-state index contributed by atoms with van der Waals surface area (Å²) in [6.07, 6.45) is -1.11. The Morgan fingerprint density at radius 3 is 2.75 bits per heavy atom. The fraction of sp³-hybridized carbons (Fsp3) is 0.529. The molecule has 7 heteroatoms. The van der Waals surface area contributed by atoms with E-state index in [1.165, 1.54) is 0 Å². The number of benzene rings is 1. The molecule has 0 amide bonds. The number of hydrogen-bond donors (Lipinski definition) is 3. The van der Waals surface area contributed by atoms with Gasteiger partial charge in [-0.25, -0.2) is 13.8 Å². The number of aryl methyl sites for hydroxylation is 3. The smallest absolute Gasteiger partial charge is 0.269 e. The van der Waals surface area contributed by atoms with E-state index in [2.05, 4.69) is 20.6 Å². The number of hydrogen-bond acceptors (Lipinski definition) is 4. The van der Waals surface area contributed by atoms with Crippen molar-refractivity contribution in [3.8, 4) is 0 Å². The van der Waals surface area contributed by atoms with Crippen molar-refractivity contribution in [3.05, 3.63) is 39.3 Å². The van der Waals surface area contributed by atoms with Crippen LogP contribution in [-0.2, 0) is 6.42 Å². The van der Waals surface area contributed by atoms with Gasteiger partial charge in [-0.3, -0.25) is 4.79 Å². The van der Waals surface area contributed by atoms with Gasteiger partial charge in [0.15, 0.2) is 0 Å². The Balaban J connectivity index is 1.81. The average molecular weight is 336 g/mol. The first-order valence-corrected chi connectivity index (χ1v) is 8.21. The van der Waals surface area contributed by atoms with Crippen LogP contribution in [0.3, 0.4) is 0 Å². The van der Waals surface area contributed by atoms with Crippen LogP contribution in [0.2, 0.25) is 0 Å². The van der Waals surface area contributed by atoms with Crippen LogP contribution in [0.5, 0.6) is 0 Å². The third-order valence-electron chi connectivity index (χ3n) is 4.75. The third kappa shape index (κ3) is 3.32. The van der Waals surface area contributed by atoms with Gasteiger partial charge in [-0.15, -0.1) is 0 Å². The van der Waals surface area contributed by atoms with Gasteiger partial charge in [0.25, 0.3) is 12.0 Å². The normalized spacial score (nSPS) is 21.5. The molecule has 2 aromatic rings. The molecule has 3 rings (SSSR count). The van der Waals surface area contributed by atoms with E-state index in [4.69, 9.17) is 0 Å². The lowest BCUT2D eigenvalue weighted by molar-refractivity contribution is 0.0673. The molecule has 2 atom stereocenters. The van der Waals surface area contributed by atoms with Gasteiger partial charge in [0, 0.05) is 19.1 Å². The number of piperazine rings is 1. The lowest BCUT2D eigenvalue weighted by Crippen LogP contribution is -2.59. The monoisotopic (exact) mass is 336 g/mol. The number of alkyl halides is 2. The topological polar surface area (TPSA) is 69.8 Å². The molecule has 1 aromatic heterocycles. The summed E-state index contributed by atoms with van der Waals surface area (Å²) in [4.78, 5) is 19.0. The van der Waals surface area contributed by atoms with Gasteiger partial charge in [-0.1, -0.05) is 6.07 Å². The van der Waals surface area contributed by atoms with Gasteiger partial charge < -0.3 is 15.6 Å². The first kappa shape index (κ1) is 17.0. The second kappa shape index (κ2) is 6.94. The molecule has 2 unspecified atom stereocenters. The van der Waals surface area contributed by atoms with E-state index in [0.29, 0.717) is 31.6 Å². The molecule has 1 aromatic carbocycles. The molecule has 0 aliphatic carbocycles. The summed E-state index contributed by atoms with van der Waals surface area (Å²) >= 11 is 0. The summed E-state index contributed by atoms with van der Waals surface area (Å²) in [6, 6.07) is 2.76. The Kier molecular flexibility index (Phi) is 4.91. The number of halogens is 2. The molecule has 1 aliphatic rings. The summed E-state index contributed by atoms with van der Waals surface area (Å²) in [5.41, 5.74) is 3.71. The van der Waals surface area contributed by atoms with Gasteiger partial charge in [0.05, 0.1) is 17.1 Å². The number of rotatable bonds is 4. The molecule has 0 bridgehead atoms. The molecule has 0 saturated carbocycles. The number of aromatic amines is 1. The second-order valence-electron chi connectivity index (χ2n) is 6.31. The van der Waals surface area contributed by atoms with Crippen LogP contribution in [0.1, 0.15) is 23.2 Å². The van der Waals surface area contributed by atoms with Crippen molar-refractivity contribution in [1.82, 2.24) is 20.6 Å². The zero-order valence-corrected chi connectivity index (χ0v) is 13.8. The lowest BCUT2D eigenvalue weighted by atomic mass is 9.95. The highest BCUT2D eigenvalue weighted by atomic mass is 19.3. The molecule has 2 heterocycles. The first-order chi connectivity index (χ1) is 11.5. The number of fused-ring (bicyclic) bond motifs is 1. The van der Waals surface area contributed by atoms with Crippen LogP contribution in [-0.4, -0.2) is 41.6 Å². The van der Waals surface area contributed by atoms with Crippen LogP contribution in [0.25, 0.3) is 11.0 Å². The molecule has 24 heavy (non-hydrogen) atoms. The van der Waals surface area contributed by atoms with Gasteiger partial charge in [-0.05, 0) is 43.9 Å². The highest BCUT2D eigenvalue weighted by Crippen LogP contribution is 2.21. The number of H-pyrrole nitrogens is 1. The van der Waals surface area contributed by atoms with Crippen molar-refractivity contribution in [1.29, 1.82) is 0 Å². The summed E-state index contributed by atoms with van der Waals surface area (Å²) < 4.78 is 26.2. The van der Waals surface area contributed by atoms with Gasteiger partial charge >= 0.3 is 0 Å². The zero-order valence-electron chi connectivity index (χ0n) is 13.8. The van der Waals surface area contributed by atoms with E-state index in [9.17, 15) is 13.6 Å². The predicted octanol–water partition coefficient (Wildman–Crippen LogP) is 1.67. The van der Waals surface area contributed by atoms with E-state index in [1.807, 2.05) is 19.1 Å². The molecule has 0 radical (unpaired) electrons. The van der Waals surface area contributed by atoms with Crippen LogP contribution >= 0.6 is 0 Å².